The van der Waals surface area contributed by atoms with Crippen molar-refractivity contribution in [2.24, 2.45) is 0 Å². The molecule has 1 N–H and O–H groups in total. The van der Waals surface area contributed by atoms with Gasteiger partial charge in [0.25, 0.3) is 5.69 Å². The molecule has 0 amide bonds. The molecule has 0 aliphatic heterocycles. The highest BCUT2D eigenvalue weighted by molar-refractivity contribution is 5.87. The molecule has 7 heteroatoms. The summed E-state index contributed by atoms with van der Waals surface area (Å²) in [6, 6.07) is 4.64. The monoisotopic (exact) mass is 280 g/mol. The Morgan fingerprint density at radius 2 is 2.20 bits per heavy atom. The summed E-state index contributed by atoms with van der Waals surface area (Å²) in [5.41, 5.74) is 0.884. The van der Waals surface area contributed by atoms with Crippen molar-refractivity contribution in [3.63, 3.8) is 0 Å². The van der Waals surface area contributed by atoms with Crippen LogP contribution in [0.5, 0.6) is 0 Å². The van der Waals surface area contributed by atoms with E-state index in [-0.39, 0.29) is 5.69 Å². The largest absolute Gasteiger partial charge is 0.466 e. The molecule has 1 rings (SSSR count). The number of carbonyl (C=O) groups excluding carboxylic acids is 1. The molecule has 0 heterocycles. The summed E-state index contributed by atoms with van der Waals surface area (Å²) in [5.74, 6) is -0.519. The van der Waals surface area contributed by atoms with Crippen LogP contribution in [0.1, 0.15) is 5.56 Å². The third-order valence-electron chi connectivity index (χ3n) is 2.45. The number of anilines is 1. The molecule has 0 atom stereocenters. The van der Waals surface area contributed by atoms with E-state index in [2.05, 4.69) is 10.1 Å². The Balaban J connectivity index is 2.92. The van der Waals surface area contributed by atoms with Gasteiger partial charge in [-0.2, -0.15) is 0 Å². The van der Waals surface area contributed by atoms with E-state index in [1.165, 1.54) is 25.3 Å². The van der Waals surface area contributed by atoms with Crippen molar-refractivity contribution in [3.8, 4) is 0 Å². The Morgan fingerprint density at radius 1 is 1.45 bits per heavy atom. The Morgan fingerprint density at radius 3 is 2.80 bits per heavy atom. The Kier molecular flexibility index (Phi) is 6.18. The second-order valence-electron chi connectivity index (χ2n) is 3.81. The van der Waals surface area contributed by atoms with Crippen LogP contribution in [0, 0.1) is 10.1 Å². The molecule has 0 aromatic heterocycles. The number of hydrogen-bond acceptors (Lipinski definition) is 6. The summed E-state index contributed by atoms with van der Waals surface area (Å²) in [6.07, 6.45) is 2.66. The second kappa shape index (κ2) is 7.90. The van der Waals surface area contributed by atoms with Crippen LogP contribution in [0.4, 0.5) is 11.4 Å². The second-order valence-corrected chi connectivity index (χ2v) is 3.81. The first kappa shape index (κ1) is 15.6. The molecular formula is C13H16N2O5. The van der Waals surface area contributed by atoms with Crippen molar-refractivity contribution in [1.29, 1.82) is 0 Å². The van der Waals surface area contributed by atoms with E-state index < -0.39 is 10.9 Å². The lowest BCUT2D eigenvalue weighted by atomic mass is 10.1. The van der Waals surface area contributed by atoms with Gasteiger partial charge in [-0.15, -0.1) is 0 Å². The molecule has 0 bridgehead atoms. The fourth-order valence-electron chi connectivity index (χ4n) is 1.47. The molecule has 0 unspecified atom stereocenters. The third-order valence-corrected chi connectivity index (χ3v) is 2.45. The summed E-state index contributed by atoms with van der Waals surface area (Å²) < 4.78 is 9.32. The number of nitro groups is 1. The van der Waals surface area contributed by atoms with E-state index in [4.69, 9.17) is 4.74 Å². The lowest BCUT2D eigenvalue weighted by molar-refractivity contribution is -0.384. The van der Waals surface area contributed by atoms with Gasteiger partial charge < -0.3 is 14.8 Å². The smallest absolute Gasteiger partial charge is 0.330 e. The standard InChI is InChI=1S/C13H16N2O5/c1-19-8-7-14-11-5-3-10(4-6-13(16)20-2)9-12(11)15(17)18/h3-6,9,14H,7-8H2,1-2H3/b6-4+. The highest BCUT2D eigenvalue weighted by Gasteiger charge is 2.13. The first-order valence-electron chi connectivity index (χ1n) is 5.85. The predicted octanol–water partition coefficient (Wildman–Crippen LogP) is 1.84. The van der Waals surface area contributed by atoms with Crippen molar-refractivity contribution < 1.29 is 19.2 Å². The van der Waals surface area contributed by atoms with Crippen LogP contribution in [0.25, 0.3) is 6.08 Å². The third kappa shape index (κ3) is 4.69. The molecule has 20 heavy (non-hydrogen) atoms. The normalized spacial score (nSPS) is 10.5. The summed E-state index contributed by atoms with van der Waals surface area (Å²) in [7, 11) is 2.81. The topological polar surface area (TPSA) is 90.7 Å². The SMILES string of the molecule is COCCNc1ccc(/C=C/C(=O)OC)cc1[N+](=O)[O-]. The molecule has 0 saturated heterocycles. The van der Waals surface area contributed by atoms with Crippen LogP contribution in [0.3, 0.4) is 0 Å². The van der Waals surface area contributed by atoms with Crippen molar-refractivity contribution in [2.45, 2.75) is 0 Å². The van der Waals surface area contributed by atoms with Gasteiger partial charge in [0.05, 0.1) is 18.6 Å². The first-order valence-corrected chi connectivity index (χ1v) is 5.85. The Labute approximate surface area is 116 Å². The average molecular weight is 280 g/mol. The zero-order valence-corrected chi connectivity index (χ0v) is 11.3. The number of benzene rings is 1. The highest BCUT2D eigenvalue weighted by atomic mass is 16.6. The summed E-state index contributed by atoms with van der Waals surface area (Å²) in [5, 5.41) is 13.9. The molecule has 0 aliphatic rings. The van der Waals surface area contributed by atoms with Gasteiger partial charge in [0.15, 0.2) is 0 Å². The lowest BCUT2D eigenvalue weighted by Crippen LogP contribution is -2.09. The highest BCUT2D eigenvalue weighted by Crippen LogP contribution is 2.25. The van der Waals surface area contributed by atoms with E-state index >= 15 is 0 Å². The van der Waals surface area contributed by atoms with Crippen molar-refractivity contribution in [2.75, 3.05) is 32.7 Å². The number of methoxy groups -OCH3 is 2. The van der Waals surface area contributed by atoms with E-state index in [0.717, 1.165) is 0 Å². The van der Waals surface area contributed by atoms with E-state index in [0.29, 0.717) is 24.4 Å². The van der Waals surface area contributed by atoms with Gasteiger partial charge in [-0.05, 0) is 17.7 Å². The van der Waals surface area contributed by atoms with Gasteiger partial charge in [0.2, 0.25) is 0 Å². The zero-order chi connectivity index (χ0) is 15.0. The van der Waals surface area contributed by atoms with Gasteiger partial charge >= 0.3 is 5.97 Å². The van der Waals surface area contributed by atoms with Crippen LogP contribution in [0.2, 0.25) is 0 Å². The number of esters is 1. The molecule has 0 aliphatic carbocycles. The maximum atomic E-state index is 11.0. The minimum Gasteiger partial charge on any atom is -0.466 e. The number of ether oxygens (including phenoxy) is 2. The van der Waals surface area contributed by atoms with Crippen LogP contribution >= 0.6 is 0 Å². The van der Waals surface area contributed by atoms with Gasteiger partial charge in [-0.25, -0.2) is 4.79 Å². The number of nitrogens with one attached hydrogen (secondary N) is 1. The van der Waals surface area contributed by atoms with Gasteiger partial charge in [0, 0.05) is 25.8 Å². The lowest BCUT2D eigenvalue weighted by Gasteiger charge is -2.07. The van der Waals surface area contributed by atoms with Crippen LogP contribution in [0.15, 0.2) is 24.3 Å². The van der Waals surface area contributed by atoms with E-state index in [1.807, 2.05) is 0 Å². The molecule has 7 nitrogen and oxygen atoms in total. The van der Waals surface area contributed by atoms with Crippen LogP contribution < -0.4 is 5.32 Å². The Hall–Kier alpha value is -2.41. The fourth-order valence-corrected chi connectivity index (χ4v) is 1.47. The van der Waals surface area contributed by atoms with E-state index in [9.17, 15) is 14.9 Å². The van der Waals surface area contributed by atoms with Gasteiger partial charge in [0.1, 0.15) is 5.69 Å². The van der Waals surface area contributed by atoms with Crippen molar-refractivity contribution in [1.82, 2.24) is 0 Å². The number of carbonyl (C=O) groups is 1. The molecule has 0 saturated carbocycles. The fraction of sp³-hybridized carbons (Fsp3) is 0.308. The maximum absolute atomic E-state index is 11.0. The molecule has 0 radical (unpaired) electrons. The summed E-state index contributed by atoms with van der Waals surface area (Å²) in [4.78, 5) is 21.5. The molecule has 0 spiro atoms. The van der Waals surface area contributed by atoms with Gasteiger partial charge in [-0.3, -0.25) is 10.1 Å². The number of hydrogen-bond donors (Lipinski definition) is 1. The number of nitro benzene ring substituents is 1. The van der Waals surface area contributed by atoms with Crippen molar-refractivity contribution >= 4 is 23.4 Å². The van der Waals surface area contributed by atoms with Crippen LogP contribution in [-0.2, 0) is 14.3 Å². The van der Waals surface area contributed by atoms with Crippen LogP contribution in [-0.4, -0.2) is 38.3 Å². The predicted molar refractivity (Wildman–Crippen MR) is 74.5 cm³/mol. The van der Waals surface area contributed by atoms with Gasteiger partial charge in [-0.1, -0.05) is 6.07 Å². The minimum atomic E-state index is -0.519. The molecule has 108 valence electrons. The first-order chi connectivity index (χ1) is 9.58. The number of rotatable bonds is 7. The number of nitrogens with zero attached hydrogens (tertiary/aromatic N) is 1. The minimum absolute atomic E-state index is 0.0619. The average Bonchev–Trinajstić information content (AvgIpc) is 2.45. The summed E-state index contributed by atoms with van der Waals surface area (Å²) >= 11 is 0. The molecule has 1 aromatic carbocycles. The quantitative estimate of drug-likeness (QED) is 0.269. The summed E-state index contributed by atoms with van der Waals surface area (Å²) in [6.45, 7) is 0.913. The zero-order valence-electron chi connectivity index (χ0n) is 11.3. The maximum Gasteiger partial charge on any atom is 0.330 e. The molecule has 0 fully saturated rings. The van der Waals surface area contributed by atoms with E-state index in [1.54, 1.807) is 19.2 Å². The molecular weight excluding hydrogens is 264 g/mol. The Bertz CT molecular complexity index is 513. The molecule has 1 aromatic rings. The van der Waals surface area contributed by atoms with Crippen molar-refractivity contribution in [3.05, 3.63) is 40.0 Å².